The lowest BCUT2D eigenvalue weighted by Crippen LogP contribution is -2.46. The average molecular weight is 311 g/mol. The Morgan fingerprint density at radius 1 is 1.62 bits per heavy atom. The summed E-state index contributed by atoms with van der Waals surface area (Å²) in [5.41, 5.74) is 0. The van der Waals surface area contributed by atoms with E-state index in [-0.39, 0.29) is 24.4 Å². The summed E-state index contributed by atoms with van der Waals surface area (Å²) in [5.74, 6) is -0.742. The van der Waals surface area contributed by atoms with Gasteiger partial charge >= 0.3 is 12.0 Å². The average Bonchev–Trinajstić information content (AvgIpc) is 2.85. The molecule has 6 nitrogen and oxygen atoms in total. The lowest BCUT2D eigenvalue weighted by atomic mass is 9.95. The number of carboxylic acid groups (broad SMARTS) is 1. The number of aryl methyl sites for hydroxylation is 1. The number of likely N-dealkylation sites (tertiary alicyclic amines) is 1. The standard InChI is InChI=1S/C14H21N3O3S/c1-9-7-15-13(21-9)10(2)16-14(20)17-5-3-4-11(8-17)6-12(18)19/h7,10-11H,3-6,8H2,1-2H3,(H,16,20)(H,18,19). The summed E-state index contributed by atoms with van der Waals surface area (Å²) < 4.78 is 0. The number of carboxylic acids is 1. The summed E-state index contributed by atoms with van der Waals surface area (Å²) in [4.78, 5) is 30.2. The van der Waals surface area contributed by atoms with Gasteiger partial charge in [-0.2, -0.15) is 0 Å². The Kier molecular flexibility index (Phi) is 5.17. The number of carbonyl (C=O) groups excluding carboxylic acids is 1. The maximum Gasteiger partial charge on any atom is 0.317 e. The summed E-state index contributed by atoms with van der Waals surface area (Å²) in [6.45, 7) is 5.10. The largest absolute Gasteiger partial charge is 0.481 e. The summed E-state index contributed by atoms with van der Waals surface area (Å²) in [6, 6.07) is -0.263. The van der Waals surface area contributed by atoms with Crippen molar-refractivity contribution in [3.05, 3.63) is 16.1 Å². The van der Waals surface area contributed by atoms with Gasteiger partial charge in [0, 0.05) is 30.6 Å². The molecule has 1 fully saturated rings. The van der Waals surface area contributed by atoms with Gasteiger partial charge in [0.2, 0.25) is 0 Å². The first-order valence-electron chi connectivity index (χ1n) is 7.15. The monoisotopic (exact) mass is 311 g/mol. The Morgan fingerprint density at radius 2 is 2.38 bits per heavy atom. The SMILES string of the molecule is Cc1cnc(C(C)NC(=O)N2CCCC(CC(=O)O)C2)s1. The molecule has 2 unspecified atom stereocenters. The molecule has 1 aliphatic heterocycles. The van der Waals surface area contributed by atoms with E-state index in [2.05, 4.69) is 10.3 Å². The first-order valence-corrected chi connectivity index (χ1v) is 7.97. The molecule has 1 aliphatic rings. The van der Waals surface area contributed by atoms with Gasteiger partial charge in [-0.3, -0.25) is 4.79 Å². The third-order valence-corrected chi connectivity index (χ3v) is 4.71. The minimum absolute atomic E-state index is 0.0550. The predicted octanol–water partition coefficient (Wildman–Crippen LogP) is 2.41. The van der Waals surface area contributed by atoms with Gasteiger partial charge in [0.1, 0.15) is 5.01 Å². The number of thiazole rings is 1. The zero-order valence-corrected chi connectivity index (χ0v) is 13.2. The van der Waals surface area contributed by atoms with E-state index in [0.717, 1.165) is 22.7 Å². The van der Waals surface area contributed by atoms with E-state index in [1.165, 1.54) is 0 Å². The number of aromatic nitrogens is 1. The van der Waals surface area contributed by atoms with E-state index in [4.69, 9.17) is 5.11 Å². The van der Waals surface area contributed by atoms with Gasteiger partial charge in [0.05, 0.1) is 6.04 Å². The van der Waals surface area contributed by atoms with Gasteiger partial charge in [-0.15, -0.1) is 11.3 Å². The molecule has 2 heterocycles. The van der Waals surface area contributed by atoms with Crippen LogP contribution in [0.5, 0.6) is 0 Å². The fraction of sp³-hybridized carbons (Fsp3) is 0.643. The van der Waals surface area contributed by atoms with E-state index in [9.17, 15) is 9.59 Å². The third-order valence-electron chi connectivity index (χ3n) is 3.62. The number of rotatable bonds is 4. The van der Waals surface area contributed by atoms with Crippen LogP contribution in [0, 0.1) is 12.8 Å². The van der Waals surface area contributed by atoms with E-state index < -0.39 is 5.97 Å². The third kappa shape index (κ3) is 4.42. The zero-order valence-electron chi connectivity index (χ0n) is 12.3. The molecule has 0 bridgehead atoms. The second-order valence-electron chi connectivity index (χ2n) is 5.53. The molecule has 7 heteroatoms. The predicted molar refractivity (Wildman–Crippen MR) is 80.3 cm³/mol. The Morgan fingerprint density at radius 3 is 3.00 bits per heavy atom. The van der Waals surface area contributed by atoms with Gasteiger partial charge in [-0.1, -0.05) is 0 Å². The number of carbonyl (C=O) groups is 2. The van der Waals surface area contributed by atoms with Crippen LogP contribution in [0.1, 0.15) is 42.1 Å². The molecule has 2 rings (SSSR count). The molecule has 0 aromatic carbocycles. The number of aliphatic carboxylic acids is 1. The van der Waals surface area contributed by atoms with Crippen molar-refractivity contribution in [2.24, 2.45) is 5.92 Å². The minimum Gasteiger partial charge on any atom is -0.481 e. The Bertz CT molecular complexity index is 517. The number of amides is 2. The molecule has 116 valence electrons. The van der Waals surface area contributed by atoms with Crippen molar-refractivity contribution in [2.45, 2.75) is 39.2 Å². The quantitative estimate of drug-likeness (QED) is 0.894. The van der Waals surface area contributed by atoms with Crippen LogP contribution in [0.25, 0.3) is 0 Å². The van der Waals surface area contributed by atoms with Gasteiger partial charge in [0.25, 0.3) is 0 Å². The Balaban J connectivity index is 1.89. The summed E-state index contributed by atoms with van der Waals surface area (Å²) in [6.07, 6.45) is 3.66. The molecule has 0 aliphatic carbocycles. The second kappa shape index (κ2) is 6.89. The first kappa shape index (κ1) is 15.8. The van der Waals surface area contributed by atoms with Crippen molar-refractivity contribution in [1.29, 1.82) is 0 Å². The highest BCUT2D eigenvalue weighted by Crippen LogP contribution is 2.22. The van der Waals surface area contributed by atoms with Crippen LogP contribution < -0.4 is 5.32 Å². The van der Waals surface area contributed by atoms with Crippen LogP contribution in [0.3, 0.4) is 0 Å². The van der Waals surface area contributed by atoms with E-state index in [0.29, 0.717) is 13.1 Å². The highest BCUT2D eigenvalue weighted by molar-refractivity contribution is 7.11. The Hall–Kier alpha value is -1.63. The first-order chi connectivity index (χ1) is 9.95. The second-order valence-corrected chi connectivity index (χ2v) is 6.80. The van der Waals surface area contributed by atoms with Crippen LogP contribution in [-0.4, -0.2) is 40.1 Å². The van der Waals surface area contributed by atoms with Crippen molar-refractivity contribution in [3.8, 4) is 0 Å². The van der Waals surface area contributed by atoms with Crippen molar-refractivity contribution < 1.29 is 14.7 Å². The lowest BCUT2D eigenvalue weighted by molar-refractivity contribution is -0.138. The number of nitrogens with zero attached hydrogens (tertiary/aromatic N) is 2. The molecular formula is C14H21N3O3S. The maximum absolute atomic E-state index is 12.3. The van der Waals surface area contributed by atoms with Gasteiger partial charge < -0.3 is 15.3 Å². The molecule has 0 spiro atoms. The van der Waals surface area contributed by atoms with Crippen molar-refractivity contribution in [1.82, 2.24) is 15.2 Å². The molecule has 0 saturated carbocycles. The number of hydrogen-bond donors (Lipinski definition) is 2. The smallest absolute Gasteiger partial charge is 0.317 e. The lowest BCUT2D eigenvalue weighted by Gasteiger charge is -2.32. The summed E-state index contributed by atoms with van der Waals surface area (Å²) >= 11 is 1.57. The van der Waals surface area contributed by atoms with Gasteiger partial charge in [-0.25, -0.2) is 9.78 Å². The van der Waals surface area contributed by atoms with E-state index >= 15 is 0 Å². The summed E-state index contributed by atoms with van der Waals surface area (Å²) in [7, 11) is 0. The molecule has 1 aromatic rings. The minimum atomic E-state index is -0.797. The zero-order chi connectivity index (χ0) is 15.4. The van der Waals surface area contributed by atoms with Crippen molar-refractivity contribution in [3.63, 3.8) is 0 Å². The molecular weight excluding hydrogens is 290 g/mol. The molecule has 2 N–H and O–H groups in total. The van der Waals surface area contributed by atoms with E-state index in [1.54, 1.807) is 22.4 Å². The topological polar surface area (TPSA) is 82.5 Å². The van der Waals surface area contributed by atoms with Crippen molar-refractivity contribution >= 4 is 23.3 Å². The Labute approximate surface area is 128 Å². The molecule has 2 amide bonds. The molecule has 0 radical (unpaired) electrons. The van der Waals surface area contributed by atoms with Crippen LogP contribution in [0.4, 0.5) is 4.79 Å². The van der Waals surface area contributed by atoms with E-state index in [1.807, 2.05) is 13.8 Å². The van der Waals surface area contributed by atoms with Crippen molar-refractivity contribution in [2.75, 3.05) is 13.1 Å². The normalized spacial score (nSPS) is 20.1. The summed E-state index contributed by atoms with van der Waals surface area (Å²) in [5, 5.41) is 12.7. The molecule has 2 atom stereocenters. The number of urea groups is 1. The van der Waals surface area contributed by atoms with Gasteiger partial charge in [-0.05, 0) is 32.6 Å². The highest BCUT2D eigenvalue weighted by Gasteiger charge is 2.26. The fourth-order valence-electron chi connectivity index (χ4n) is 2.57. The molecule has 1 aromatic heterocycles. The van der Waals surface area contributed by atoms with Crippen LogP contribution in [0.2, 0.25) is 0 Å². The molecule has 21 heavy (non-hydrogen) atoms. The highest BCUT2D eigenvalue weighted by atomic mass is 32.1. The van der Waals surface area contributed by atoms with Crippen LogP contribution in [0.15, 0.2) is 6.20 Å². The number of hydrogen-bond acceptors (Lipinski definition) is 4. The fourth-order valence-corrected chi connectivity index (χ4v) is 3.35. The molecule has 1 saturated heterocycles. The van der Waals surface area contributed by atoms with Crippen LogP contribution >= 0.6 is 11.3 Å². The number of nitrogens with one attached hydrogen (secondary N) is 1. The van der Waals surface area contributed by atoms with Crippen LogP contribution in [-0.2, 0) is 4.79 Å². The van der Waals surface area contributed by atoms with Gasteiger partial charge in [0.15, 0.2) is 0 Å². The maximum atomic E-state index is 12.3. The number of piperidine rings is 1.